The first-order chi connectivity index (χ1) is 6.09. The quantitative estimate of drug-likeness (QED) is 0.597. The fraction of sp³-hybridized carbons (Fsp3) is 0.727. The number of hydrogen-bond acceptors (Lipinski definition) is 1. The van der Waals surface area contributed by atoms with Crippen LogP contribution in [0.4, 0.5) is 0 Å². The van der Waals surface area contributed by atoms with E-state index < -0.39 is 0 Å². The molecule has 2 heterocycles. The van der Waals surface area contributed by atoms with Crippen LogP contribution in [0.2, 0.25) is 0 Å². The number of aromatic nitrogens is 2. The van der Waals surface area contributed by atoms with Gasteiger partial charge in [-0.2, -0.15) is 0 Å². The normalized spacial score (nSPS) is 17.2. The minimum absolute atomic E-state index is 0.206. The highest BCUT2D eigenvalue weighted by Crippen LogP contribution is 2.27. The Labute approximate surface area is 80.0 Å². The molecule has 1 aromatic rings. The third-order valence-corrected chi connectivity index (χ3v) is 2.72. The zero-order valence-electron chi connectivity index (χ0n) is 8.80. The molecule has 0 fully saturated rings. The maximum Gasteiger partial charge on any atom is 0.0951 e. The molecule has 0 unspecified atom stereocenters. The standard InChI is InChI=1S/C11H18N2/c1-11(2,3)10-9-6-4-5-7-13(9)8-12-10/h8H,4-7H2,1-3H3. The fourth-order valence-corrected chi connectivity index (χ4v) is 2.06. The molecule has 0 saturated heterocycles. The van der Waals surface area contributed by atoms with Gasteiger partial charge >= 0.3 is 0 Å². The van der Waals surface area contributed by atoms with Crippen LogP contribution >= 0.6 is 0 Å². The largest absolute Gasteiger partial charge is 0.334 e. The Morgan fingerprint density at radius 2 is 2.08 bits per heavy atom. The lowest BCUT2D eigenvalue weighted by molar-refractivity contribution is 0.507. The molecule has 2 rings (SSSR count). The monoisotopic (exact) mass is 178 g/mol. The molecule has 1 aromatic heterocycles. The molecule has 0 aliphatic carbocycles. The van der Waals surface area contributed by atoms with E-state index in [2.05, 4.69) is 30.3 Å². The van der Waals surface area contributed by atoms with Crippen LogP contribution in [0.1, 0.15) is 45.0 Å². The van der Waals surface area contributed by atoms with E-state index in [1.807, 2.05) is 6.33 Å². The summed E-state index contributed by atoms with van der Waals surface area (Å²) in [5.41, 5.74) is 2.98. The highest BCUT2D eigenvalue weighted by atomic mass is 15.1. The maximum absolute atomic E-state index is 4.53. The maximum atomic E-state index is 4.53. The molecule has 0 saturated carbocycles. The van der Waals surface area contributed by atoms with E-state index in [4.69, 9.17) is 0 Å². The average molecular weight is 178 g/mol. The molecule has 0 radical (unpaired) electrons. The lowest BCUT2D eigenvalue weighted by Crippen LogP contribution is -2.18. The second-order valence-electron chi connectivity index (χ2n) is 4.94. The van der Waals surface area contributed by atoms with Crippen molar-refractivity contribution < 1.29 is 0 Å². The van der Waals surface area contributed by atoms with Gasteiger partial charge in [-0.3, -0.25) is 0 Å². The topological polar surface area (TPSA) is 17.8 Å². The van der Waals surface area contributed by atoms with Crippen molar-refractivity contribution in [2.75, 3.05) is 0 Å². The van der Waals surface area contributed by atoms with E-state index in [0.29, 0.717) is 0 Å². The van der Waals surface area contributed by atoms with Crippen LogP contribution in [0.3, 0.4) is 0 Å². The van der Waals surface area contributed by atoms with E-state index in [0.717, 1.165) is 0 Å². The third kappa shape index (κ3) is 1.50. The van der Waals surface area contributed by atoms with Crippen molar-refractivity contribution in [2.45, 2.75) is 52.0 Å². The molecule has 2 heteroatoms. The summed E-state index contributed by atoms with van der Waals surface area (Å²) >= 11 is 0. The molecule has 0 atom stereocenters. The first-order valence-corrected chi connectivity index (χ1v) is 5.13. The zero-order chi connectivity index (χ0) is 9.47. The molecular formula is C11H18N2. The molecule has 0 spiro atoms. The van der Waals surface area contributed by atoms with Crippen LogP contribution in [0.5, 0.6) is 0 Å². The van der Waals surface area contributed by atoms with E-state index in [1.54, 1.807) is 0 Å². The third-order valence-electron chi connectivity index (χ3n) is 2.72. The molecule has 0 aromatic carbocycles. The van der Waals surface area contributed by atoms with Crippen molar-refractivity contribution in [1.82, 2.24) is 9.55 Å². The van der Waals surface area contributed by atoms with Crippen LogP contribution in [-0.4, -0.2) is 9.55 Å². The van der Waals surface area contributed by atoms with Gasteiger partial charge in [-0.15, -0.1) is 0 Å². The summed E-state index contributed by atoms with van der Waals surface area (Å²) in [5, 5.41) is 0. The molecule has 0 N–H and O–H groups in total. The number of nitrogens with zero attached hydrogens (tertiary/aromatic N) is 2. The number of fused-ring (bicyclic) bond motifs is 1. The highest BCUT2D eigenvalue weighted by Gasteiger charge is 2.23. The van der Waals surface area contributed by atoms with Gasteiger partial charge in [-0.1, -0.05) is 20.8 Å². The van der Waals surface area contributed by atoms with Crippen molar-refractivity contribution >= 4 is 0 Å². The minimum atomic E-state index is 0.206. The van der Waals surface area contributed by atoms with Crippen LogP contribution < -0.4 is 0 Å². The average Bonchev–Trinajstić information content (AvgIpc) is 2.45. The van der Waals surface area contributed by atoms with Gasteiger partial charge in [0.1, 0.15) is 0 Å². The highest BCUT2D eigenvalue weighted by molar-refractivity contribution is 5.22. The van der Waals surface area contributed by atoms with E-state index >= 15 is 0 Å². The fourth-order valence-electron chi connectivity index (χ4n) is 2.06. The molecule has 72 valence electrons. The summed E-state index contributed by atoms with van der Waals surface area (Å²) in [6.45, 7) is 7.89. The Bertz CT molecular complexity index is 304. The lowest BCUT2D eigenvalue weighted by Gasteiger charge is -2.21. The second-order valence-corrected chi connectivity index (χ2v) is 4.94. The Kier molecular flexibility index (Phi) is 1.94. The molecule has 1 aliphatic heterocycles. The predicted octanol–water partition coefficient (Wildman–Crippen LogP) is 2.52. The number of hydrogen-bond donors (Lipinski definition) is 0. The van der Waals surface area contributed by atoms with E-state index in [9.17, 15) is 0 Å². The summed E-state index contributed by atoms with van der Waals surface area (Å²) in [5.74, 6) is 0. The van der Waals surface area contributed by atoms with Gasteiger partial charge in [0.05, 0.1) is 12.0 Å². The molecule has 0 bridgehead atoms. The number of imidazole rings is 1. The smallest absolute Gasteiger partial charge is 0.0951 e. The van der Waals surface area contributed by atoms with Crippen molar-refractivity contribution in [1.29, 1.82) is 0 Å². The molecule has 1 aliphatic rings. The van der Waals surface area contributed by atoms with Gasteiger partial charge < -0.3 is 4.57 Å². The van der Waals surface area contributed by atoms with Gasteiger partial charge in [-0.25, -0.2) is 4.98 Å². The Morgan fingerprint density at radius 1 is 1.31 bits per heavy atom. The minimum Gasteiger partial charge on any atom is -0.334 e. The van der Waals surface area contributed by atoms with Crippen LogP contribution in [0.15, 0.2) is 6.33 Å². The van der Waals surface area contributed by atoms with Crippen molar-refractivity contribution in [3.8, 4) is 0 Å². The van der Waals surface area contributed by atoms with Gasteiger partial charge in [0, 0.05) is 17.7 Å². The Morgan fingerprint density at radius 3 is 2.77 bits per heavy atom. The van der Waals surface area contributed by atoms with Gasteiger partial charge in [-0.05, 0) is 19.3 Å². The van der Waals surface area contributed by atoms with Crippen LogP contribution in [-0.2, 0) is 18.4 Å². The van der Waals surface area contributed by atoms with Crippen molar-refractivity contribution in [2.24, 2.45) is 0 Å². The van der Waals surface area contributed by atoms with Crippen LogP contribution in [0.25, 0.3) is 0 Å². The van der Waals surface area contributed by atoms with E-state index in [1.165, 1.54) is 37.2 Å². The first kappa shape index (κ1) is 8.79. The Balaban J connectivity index is 2.43. The summed E-state index contributed by atoms with van der Waals surface area (Å²) in [6.07, 6.45) is 5.86. The summed E-state index contributed by atoms with van der Waals surface area (Å²) in [4.78, 5) is 4.53. The summed E-state index contributed by atoms with van der Waals surface area (Å²) in [7, 11) is 0. The van der Waals surface area contributed by atoms with Crippen LogP contribution in [0, 0.1) is 0 Å². The lowest BCUT2D eigenvalue weighted by atomic mass is 9.89. The van der Waals surface area contributed by atoms with Crippen molar-refractivity contribution in [3.05, 3.63) is 17.7 Å². The molecule has 13 heavy (non-hydrogen) atoms. The van der Waals surface area contributed by atoms with Gasteiger partial charge in [0.2, 0.25) is 0 Å². The molecular weight excluding hydrogens is 160 g/mol. The van der Waals surface area contributed by atoms with Crippen molar-refractivity contribution in [3.63, 3.8) is 0 Å². The summed E-state index contributed by atoms with van der Waals surface area (Å²) in [6, 6.07) is 0. The SMILES string of the molecule is CC(C)(C)c1ncn2c1CCCC2. The Hall–Kier alpha value is -0.790. The first-order valence-electron chi connectivity index (χ1n) is 5.13. The zero-order valence-corrected chi connectivity index (χ0v) is 8.80. The number of rotatable bonds is 0. The van der Waals surface area contributed by atoms with Gasteiger partial charge in [0.15, 0.2) is 0 Å². The second kappa shape index (κ2) is 2.86. The van der Waals surface area contributed by atoms with E-state index in [-0.39, 0.29) is 5.41 Å². The molecule has 2 nitrogen and oxygen atoms in total. The summed E-state index contributed by atoms with van der Waals surface area (Å²) < 4.78 is 2.32. The number of aryl methyl sites for hydroxylation is 1. The van der Waals surface area contributed by atoms with Gasteiger partial charge in [0.25, 0.3) is 0 Å². The predicted molar refractivity (Wildman–Crippen MR) is 53.9 cm³/mol. The molecule has 0 amide bonds.